The number of hydrogen-bond acceptors (Lipinski definition) is 6. The van der Waals surface area contributed by atoms with Crippen LogP contribution in [0.2, 0.25) is 5.02 Å². The average Bonchev–Trinajstić information content (AvgIpc) is 3.36. The molecule has 12 heteroatoms. The highest BCUT2D eigenvalue weighted by Gasteiger charge is 2.16. The summed E-state index contributed by atoms with van der Waals surface area (Å²) in [5.41, 5.74) is 20.1. The summed E-state index contributed by atoms with van der Waals surface area (Å²) in [6, 6.07) is 13.1. The molecule has 0 radical (unpaired) electrons. The number of benzene rings is 2. The van der Waals surface area contributed by atoms with Crippen LogP contribution < -0.4 is 33.5 Å². The van der Waals surface area contributed by atoms with Crippen molar-refractivity contribution in [2.75, 3.05) is 26.7 Å². The number of nitrogens with two attached hydrogens (primary N) is 3. The molecule has 224 valence electrons. The summed E-state index contributed by atoms with van der Waals surface area (Å²) in [6.45, 7) is 3.97. The summed E-state index contributed by atoms with van der Waals surface area (Å²) >= 11 is 6.24. The SMILES string of the molecule is CNCC(NCCCN=C(N)N)c1ccc(-n2cc3cc(-c4cc(CCCC(C)N)cc(Cl)c4F)[nH]c3nc2=O)cc1. The molecule has 9 N–H and O–H groups in total. The molecule has 0 aliphatic heterocycles. The Bertz CT molecular complexity index is 1580. The Morgan fingerprint density at radius 3 is 2.64 bits per heavy atom. The number of guanidine groups is 1. The van der Waals surface area contributed by atoms with Crippen molar-refractivity contribution in [2.24, 2.45) is 22.2 Å². The number of aromatic nitrogens is 3. The largest absolute Gasteiger partial charge is 0.370 e. The molecule has 2 unspecified atom stereocenters. The van der Waals surface area contributed by atoms with Gasteiger partial charge < -0.3 is 32.8 Å². The third-order valence-electron chi connectivity index (χ3n) is 7.01. The number of fused-ring (bicyclic) bond motifs is 1. The molecule has 10 nitrogen and oxygen atoms in total. The monoisotopic (exact) mass is 595 g/mol. The predicted octanol–water partition coefficient (Wildman–Crippen LogP) is 3.36. The molecule has 0 fully saturated rings. The van der Waals surface area contributed by atoms with Crippen LogP contribution in [-0.4, -0.2) is 53.2 Å². The zero-order valence-electron chi connectivity index (χ0n) is 24.0. The highest BCUT2D eigenvalue weighted by molar-refractivity contribution is 6.31. The molecule has 0 spiro atoms. The van der Waals surface area contributed by atoms with Gasteiger partial charge in [0.1, 0.15) is 5.65 Å². The van der Waals surface area contributed by atoms with Crippen LogP contribution in [-0.2, 0) is 6.42 Å². The second-order valence-corrected chi connectivity index (χ2v) is 10.9. The zero-order chi connectivity index (χ0) is 30.2. The zero-order valence-corrected chi connectivity index (χ0v) is 24.7. The minimum atomic E-state index is -0.522. The maximum absolute atomic E-state index is 15.1. The van der Waals surface area contributed by atoms with Gasteiger partial charge in [0.2, 0.25) is 0 Å². The number of nitrogens with one attached hydrogen (secondary N) is 3. The van der Waals surface area contributed by atoms with Gasteiger partial charge in [0, 0.05) is 42.3 Å². The van der Waals surface area contributed by atoms with Gasteiger partial charge in [-0.3, -0.25) is 9.56 Å². The minimum absolute atomic E-state index is 0.0504. The van der Waals surface area contributed by atoms with Gasteiger partial charge in [0.15, 0.2) is 11.8 Å². The number of aliphatic imine (C=N–C) groups is 1. The smallest absolute Gasteiger partial charge is 0.354 e. The fourth-order valence-electron chi connectivity index (χ4n) is 4.88. The Morgan fingerprint density at radius 2 is 1.95 bits per heavy atom. The van der Waals surface area contributed by atoms with Crippen molar-refractivity contribution in [2.45, 2.75) is 44.7 Å². The number of aromatic amines is 1. The summed E-state index contributed by atoms with van der Waals surface area (Å²) in [5, 5.41) is 7.43. The van der Waals surface area contributed by atoms with Crippen LogP contribution in [0.5, 0.6) is 0 Å². The Balaban J connectivity index is 1.56. The first kappa shape index (κ1) is 31.2. The molecule has 0 saturated heterocycles. The normalized spacial score (nSPS) is 12.9. The van der Waals surface area contributed by atoms with E-state index in [9.17, 15) is 4.79 Å². The van der Waals surface area contributed by atoms with E-state index in [1.807, 2.05) is 38.2 Å². The van der Waals surface area contributed by atoms with Crippen molar-refractivity contribution >= 4 is 28.6 Å². The van der Waals surface area contributed by atoms with Crippen LogP contribution in [0.1, 0.15) is 43.4 Å². The molecule has 0 aliphatic rings. The van der Waals surface area contributed by atoms with Gasteiger partial charge in [0.25, 0.3) is 0 Å². The number of H-pyrrole nitrogens is 1. The molecule has 2 aromatic carbocycles. The van der Waals surface area contributed by atoms with Crippen LogP contribution in [0, 0.1) is 5.82 Å². The van der Waals surface area contributed by atoms with Crippen LogP contribution in [0.3, 0.4) is 0 Å². The number of nitrogens with zero attached hydrogens (tertiary/aromatic N) is 3. The lowest BCUT2D eigenvalue weighted by molar-refractivity contribution is 0.504. The molecule has 42 heavy (non-hydrogen) atoms. The minimum Gasteiger partial charge on any atom is -0.370 e. The number of likely N-dealkylation sites (N-methyl/N-ethyl adjacent to an activating group) is 1. The molecular formula is C30H39ClFN9O. The standard InChI is InChI=1S/C30H39ClFN9O/c1-18(33)5-3-6-19-13-23(27(32)24(31)14-19)25-15-21-17-41(30(42)40-28(21)39-25)22-9-7-20(8-10-22)26(16-36-2)37-11-4-12-38-29(34)35/h7-10,13-15,17-18,26,36-37H,3-6,11-12,16,33H2,1-2H3,(H4,34,35,38)(H,39,40,42). The van der Waals surface area contributed by atoms with Crippen molar-refractivity contribution < 1.29 is 4.39 Å². The van der Waals surface area contributed by atoms with E-state index in [4.69, 9.17) is 28.8 Å². The number of halogens is 2. The molecule has 2 atom stereocenters. The van der Waals surface area contributed by atoms with Crippen LogP contribution >= 0.6 is 11.6 Å². The first-order valence-corrected chi connectivity index (χ1v) is 14.4. The second kappa shape index (κ2) is 14.4. The fourth-order valence-corrected chi connectivity index (χ4v) is 5.12. The number of rotatable bonds is 14. The van der Waals surface area contributed by atoms with E-state index in [1.165, 1.54) is 4.57 Å². The molecular weight excluding hydrogens is 557 g/mol. The molecule has 0 amide bonds. The van der Waals surface area contributed by atoms with Crippen LogP contribution in [0.15, 0.2) is 58.4 Å². The topological polar surface area (TPSA) is 165 Å². The predicted molar refractivity (Wildman–Crippen MR) is 169 cm³/mol. The summed E-state index contributed by atoms with van der Waals surface area (Å²) in [6.07, 6.45) is 4.97. The summed E-state index contributed by atoms with van der Waals surface area (Å²) in [4.78, 5) is 24.3. The van der Waals surface area contributed by atoms with Crippen molar-refractivity contribution in [1.29, 1.82) is 0 Å². The maximum atomic E-state index is 15.1. The summed E-state index contributed by atoms with van der Waals surface area (Å²) in [7, 11) is 1.90. The van der Waals surface area contributed by atoms with E-state index < -0.39 is 11.5 Å². The van der Waals surface area contributed by atoms with Gasteiger partial charge in [-0.2, -0.15) is 4.98 Å². The van der Waals surface area contributed by atoms with Gasteiger partial charge in [0.05, 0.1) is 16.4 Å². The van der Waals surface area contributed by atoms with E-state index in [2.05, 4.69) is 25.6 Å². The average molecular weight is 596 g/mol. The highest BCUT2D eigenvalue weighted by Crippen LogP contribution is 2.31. The van der Waals surface area contributed by atoms with Crippen LogP contribution in [0.4, 0.5) is 4.39 Å². The Morgan fingerprint density at radius 1 is 1.19 bits per heavy atom. The fraction of sp³-hybridized carbons (Fsp3) is 0.367. The first-order chi connectivity index (χ1) is 20.2. The summed E-state index contributed by atoms with van der Waals surface area (Å²) in [5.74, 6) is -0.434. The van der Waals surface area contributed by atoms with E-state index >= 15 is 4.39 Å². The van der Waals surface area contributed by atoms with Gasteiger partial charge in [-0.1, -0.05) is 23.7 Å². The Kier molecular flexibility index (Phi) is 10.7. The van der Waals surface area contributed by atoms with Crippen LogP contribution in [0.25, 0.3) is 28.0 Å². The summed E-state index contributed by atoms with van der Waals surface area (Å²) < 4.78 is 16.6. The van der Waals surface area contributed by atoms with Gasteiger partial charge >= 0.3 is 5.69 Å². The maximum Gasteiger partial charge on any atom is 0.354 e. The number of hydrogen-bond donors (Lipinski definition) is 6. The quantitative estimate of drug-likeness (QED) is 0.0738. The van der Waals surface area contributed by atoms with Crippen molar-refractivity contribution in [3.05, 3.63) is 81.1 Å². The van der Waals surface area contributed by atoms with Gasteiger partial charge in [-0.25, -0.2) is 9.18 Å². The van der Waals surface area contributed by atoms with E-state index in [1.54, 1.807) is 24.4 Å². The highest BCUT2D eigenvalue weighted by atomic mass is 35.5. The van der Waals surface area contributed by atoms with E-state index in [0.29, 0.717) is 34.5 Å². The van der Waals surface area contributed by atoms with E-state index in [0.717, 1.165) is 49.9 Å². The van der Waals surface area contributed by atoms with Crippen molar-refractivity contribution in [3.8, 4) is 16.9 Å². The molecule has 0 saturated carbocycles. The van der Waals surface area contributed by atoms with Crippen molar-refractivity contribution in [1.82, 2.24) is 25.2 Å². The van der Waals surface area contributed by atoms with Gasteiger partial charge in [-0.15, -0.1) is 0 Å². The molecule has 4 aromatic rings. The molecule has 2 aromatic heterocycles. The third kappa shape index (κ3) is 7.95. The third-order valence-corrected chi connectivity index (χ3v) is 7.29. The molecule has 0 bridgehead atoms. The number of aryl methyl sites for hydroxylation is 1. The van der Waals surface area contributed by atoms with E-state index in [-0.39, 0.29) is 23.1 Å². The molecule has 0 aliphatic carbocycles. The van der Waals surface area contributed by atoms with Gasteiger partial charge in [-0.05, 0) is 87.7 Å². The molecule has 4 rings (SSSR count). The lowest BCUT2D eigenvalue weighted by Gasteiger charge is -2.19. The van der Waals surface area contributed by atoms with Crippen molar-refractivity contribution in [3.63, 3.8) is 0 Å². The lowest BCUT2D eigenvalue weighted by atomic mass is 10.0. The Labute approximate surface area is 249 Å². The lowest BCUT2D eigenvalue weighted by Crippen LogP contribution is -2.31. The molecule has 2 heterocycles. The Hall–Kier alpha value is -3.77. The second-order valence-electron chi connectivity index (χ2n) is 10.5. The first-order valence-electron chi connectivity index (χ1n) is 14.1.